The first-order valence-electron chi connectivity index (χ1n) is 8.03. The lowest BCUT2D eigenvalue weighted by atomic mass is 9.99. The molecule has 1 saturated heterocycles. The van der Waals surface area contributed by atoms with E-state index in [4.69, 9.17) is 4.42 Å². The predicted molar refractivity (Wildman–Crippen MR) is 88.2 cm³/mol. The molecule has 2 aromatic heterocycles. The highest BCUT2D eigenvalue weighted by Gasteiger charge is 2.21. The van der Waals surface area contributed by atoms with Crippen molar-refractivity contribution in [1.29, 1.82) is 0 Å². The Labute approximate surface area is 134 Å². The molecule has 0 aliphatic carbocycles. The third-order valence-corrected chi connectivity index (χ3v) is 4.48. The summed E-state index contributed by atoms with van der Waals surface area (Å²) in [4.78, 5) is 2.33. The van der Waals surface area contributed by atoms with Crippen LogP contribution in [0.4, 0.5) is 5.82 Å². The molecule has 3 heterocycles. The van der Waals surface area contributed by atoms with Gasteiger partial charge in [0.1, 0.15) is 0 Å². The van der Waals surface area contributed by atoms with Crippen molar-refractivity contribution in [1.82, 2.24) is 20.4 Å². The lowest BCUT2D eigenvalue weighted by Gasteiger charge is -2.31. The van der Waals surface area contributed by atoms with Crippen LogP contribution in [-0.4, -0.2) is 33.5 Å². The van der Waals surface area contributed by atoms with Crippen LogP contribution in [0.1, 0.15) is 25.7 Å². The third kappa shape index (κ3) is 2.54. The van der Waals surface area contributed by atoms with Crippen LogP contribution in [0.2, 0.25) is 0 Å². The van der Waals surface area contributed by atoms with Crippen molar-refractivity contribution in [3.8, 4) is 11.6 Å². The predicted octanol–water partition coefficient (Wildman–Crippen LogP) is 3.22. The molecule has 6 nitrogen and oxygen atoms in total. The lowest BCUT2D eigenvalue weighted by molar-refractivity contribution is 0.436. The van der Waals surface area contributed by atoms with E-state index in [2.05, 4.69) is 38.3 Å². The molecule has 0 atom stereocenters. The largest absolute Gasteiger partial charge is 0.420 e. The van der Waals surface area contributed by atoms with Crippen molar-refractivity contribution >= 4 is 16.6 Å². The molecular formula is C17H19N5O. The minimum Gasteiger partial charge on any atom is -0.420 e. The molecule has 0 bridgehead atoms. The second kappa shape index (κ2) is 5.61. The molecule has 118 valence electrons. The summed E-state index contributed by atoms with van der Waals surface area (Å²) in [6.45, 7) is 6.13. The molecule has 1 fully saturated rings. The van der Waals surface area contributed by atoms with Gasteiger partial charge in [0.15, 0.2) is 11.5 Å². The summed E-state index contributed by atoms with van der Waals surface area (Å²) in [5.41, 5.74) is 0.648. The van der Waals surface area contributed by atoms with Crippen LogP contribution in [0.5, 0.6) is 0 Å². The summed E-state index contributed by atoms with van der Waals surface area (Å²) in [5, 5.41) is 19.0. The molecular weight excluding hydrogens is 290 g/mol. The van der Waals surface area contributed by atoms with Crippen LogP contribution in [0, 0.1) is 12.8 Å². The Hall–Kier alpha value is -2.50. The summed E-state index contributed by atoms with van der Waals surface area (Å²) >= 11 is 0. The maximum Gasteiger partial charge on any atom is 0.268 e. The van der Waals surface area contributed by atoms with Crippen LogP contribution in [0.25, 0.3) is 22.4 Å². The summed E-state index contributed by atoms with van der Waals surface area (Å²) in [6, 6.07) is 8.15. The molecule has 1 aliphatic heterocycles. The highest BCUT2D eigenvalue weighted by Crippen LogP contribution is 2.32. The molecule has 23 heavy (non-hydrogen) atoms. The number of hydrogen-bond donors (Lipinski definition) is 0. The highest BCUT2D eigenvalue weighted by molar-refractivity contribution is 5.99. The number of benzene rings is 1. The topological polar surface area (TPSA) is 67.9 Å². The Kier molecular flexibility index (Phi) is 3.44. The van der Waals surface area contributed by atoms with E-state index in [0.29, 0.717) is 17.5 Å². The first kappa shape index (κ1) is 14.1. The molecule has 0 unspecified atom stereocenters. The first-order chi connectivity index (χ1) is 11.2. The number of aromatic nitrogens is 4. The number of aryl methyl sites for hydroxylation is 1. The van der Waals surface area contributed by atoms with Gasteiger partial charge in [0.2, 0.25) is 5.89 Å². The lowest BCUT2D eigenvalue weighted by Crippen LogP contribution is -2.33. The van der Waals surface area contributed by atoms with E-state index < -0.39 is 0 Å². The summed E-state index contributed by atoms with van der Waals surface area (Å²) in [6.07, 6.45) is 2.39. The van der Waals surface area contributed by atoms with Gasteiger partial charge in [-0.2, -0.15) is 0 Å². The maximum absolute atomic E-state index is 5.54. The second-order valence-electron chi connectivity index (χ2n) is 6.21. The van der Waals surface area contributed by atoms with E-state index in [-0.39, 0.29) is 0 Å². The van der Waals surface area contributed by atoms with Crippen LogP contribution in [-0.2, 0) is 0 Å². The van der Waals surface area contributed by atoms with Crippen molar-refractivity contribution in [2.45, 2.75) is 26.7 Å². The van der Waals surface area contributed by atoms with Crippen molar-refractivity contribution in [2.75, 3.05) is 18.0 Å². The smallest absolute Gasteiger partial charge is 0.268 e. The fraction of sp³-hybridized carbons (Fsp3) is 0.412. The molecule has 0 amide bonds. The molecule has 0 radical (unpaired) electrons. The summed E-state index contributed by atoms with van der Waals surface area (Å²) in [7, 11) is 0. The zero-order valence-corrected chi connectivity index (χ0v) is 13.4. The first-order valence-corrected chi connectivity index (χ1v) is 8.03. The fourth-order valence-electron chi connectivity index (χ4n) is 3.09. The summed E-state index contributed by atoms with van der Waals surface area (Å²) in [5.74, 6) is 2.68. The van der Waals surface area contributed by atoms with Gasteiger partial charge in [0.05, 0.1) is 0 Å². The fourth-order valence-corrected chi connectivity index (χ4v) is 3.09. The molecule has 1 aromatic carbocycles. The van der Waals surface area contributed by atoms with E-state index in [1.807, 2.05) is 18.2 Å². The molecule has 4 rings (SSSR count). The number of hydrogen-bond acceptors (Lipinski definition) is 6. The van der Waals surface area contributed by atoms with E-state index in [1.54, 1.807) is 6.92 Å². The second-order valence-corrected chi connectivity index (χ2v) is 6.21. The Morgan fingerprint density at radius 3 is 2.43 bits per heavy atom. The van der Waals surface area contributed by atoms with Gasteiger partial charge in [0.25, 0.3) is 5.89 Å². The van der Waals surface area contributed by atoms with Crippen molar-refractivity contribution in [3.05, 3.63) is 30.2 Å². The van der Waals surface area contributed by atoms with E-state index in [1.165, 1.54) is 12.8 Å². The minimum atomic E-state index is 0.421. The Morgan fingerprint density at radius 1 is 1.00 bits per heavy atom. The number of rotatable bonds is 2. The van der Waals surface area contributed by atoms with Crippen LogP contribution in [0.15, 0.2) is 28.7 Å². The number of piperidine rings is 1. The maximum atomic E-state index is 5.54. The van der Waals surface area contributed by atoms with Crippen molar-refractivity contribution in [3.63, 3.8) is 0 Å². The minimum absolute atomic E-state index is 0.421. The van der Waals surface area contributed by atoms with Gasteiger partial charge in [-0.1, -0.05) is 31.2 Å². The van der Waals surface area contributed by atoms with Gasteiger partial charge in [-0.15, -0.1) is 20.4 Å². The SMILES string of the molecule is Cc1nnc(-c2nnc(N3CCC(C)CC3)c3ccccc23)o1. The van der Waals surface area contributed by atoms with Crippen LogP contribution >= 0.6 is 0 Å². The Balaban J connectivity index is 1.82. The Bertz CT molecular complexity index is 836. The molecule has 1 aliphatic rings. The molecule has 0 spiro atoms. The van der Waals surface area contributed by atoms with Gasteiger partial charge >= 0.3 is 0 Å². The highest BCUT2D eigenvalue weighted by atomic mass is 16.4. The van der Waals surface area contributed by atoms with Gasteiger partial charge in [-0.05, 0) is 18.8 Å². The van der Waals surface area contributed by atoms with E-state index in [0.717, 1.165) is 35.6 Å². The molecule has 0 saturated carbocycles. The number of fused-ring (bicyclic) bond motifs is 1. The van der Waals surface area contributed by atoms with Gasteiger partial charge in [-0.3, -0.25) is 0 Å². The third-order valence-electron chi connectivity index (χ3n) is 4.48. The van der Waals surface area contributed by atoms with Crippen molar-refractivity contribution < 1.29 is 4.42 Å². The van der Waals surface area contributed by atoms with E-state index in [9.17, 15) is 0 Å². The van der Waals surface area contributed by atoms with Gasteiger partial charge in [-0.25, -0.2) is 0 Å². The Morgan fingerprint density at radius 2 is 1.74 bits per heavy atom. The van der Waals surface area contributed by atoms with Gasteiger partial charge in [0, 0.05) is 30.8 Å². The quantitative estimate of drug-likeness (QED) is 0.724. The zero-order chi connectivity index (χ0) is 15.8. The van der Waals surface area contributed by atoms with Crippen LogP contribution < -0.4 is 4.90 Å². The average molecular weight is 309 g/mol. The van der Waals surface area contributed by atoms with Crippen LogP contribution in [0.3, 0.4) is 0 Å². The molecule has 3 aromatic rings. The number of nitrogens with zero attached hydrogens (tertiary/aromatic N) is 5. The number of anilines is 1. The normalized spacial score (nSPS) is 16.2. The monoisotopic (exact) mass is 309 g/mol. The molecule has 6 heteroatoms. The van der Waals surface area contributed by atoms with E-state index >= 15 is 0 Å². The summed E-state index contributed by atoms with van der Waals surface area (Å²) < 4.78 is 5.54. The van der Waals surface area contributed by atoms with Gasteiger partial charge < -0.3 is 9.32 Å². The molecule has 0 N–H and O–H groups in total. The zero-order valence-electron chi connectivity index (χ0n) is 13.4. The standard InChI is InChI=1S/C17H19N5O/c1-11-7-9-22(10-8-11)16-14-6-4-3-5-13(14)15(19-20-16)17-21-18-12(2)23-17/h3-6,11H,7-10H2,1-2H3. The average Bonchev–Trinajstić information content (AvgIpc) is 3.01. The van der Waals surface area contributed by atoms with Crippen molar-refractivity contribution in [2.24, 2.45) is 5.92 Å².